The van der Waals surface area contributed by atoms with Crippen LogP contribution in [0.4, 0.5) is 4.79 Å². The summed E-state index contributed by atoms with van der Waals surface area (Å²) in [6.07, 6.45) is 1.94. The van der Waals surface area contributed by atoms with E-state index in [9.17, 15) is 4.79 Å². The molecule has 2 saturated heterocycles. The molecular weight excluding hydrogens is 480 g/mol. The van der Waals surface area contributed by atoms with Crippen molar-refractivity contribution in [2.45, 2.75) is 38.4 Å². The number of nitrogens with one attached hydrogen (secondary N) is 1. The number of amides is 2. The minimum absolute atomic E-state index is 0.0567. The third-order valence-corrected chi connectivity index (χ3v) is 7.32. The van der Waals surface area contributed by atoms with Gasteiger partial charge in [0.15, 0.2) is 0 Å². The van der Waals surface area contributed by atoms with Crippen molar-refractivity contribution >= 4 is 6.03 Å². The molecule has 3 heterocycles. The van der Waals surface area contributed by atoms with Gasteiger partial charge >= 0.3 is 6.03 Å². The molecule has 2 fully saturated rings. The number of carbonyl (C=O) groups is 1. The fraction of sp³-hybridized carbons (Fsp3) is 0.400. The van der Waals surface area contributed by atoms with E-state index < -0.39 is 0 Å². The van der Waals surface area contributed by atoms with Gasteiger partial charge in [-0.05, 0) is 55.2 Å². The molecule has 3 aromatic rings. The molecule has 2 amide bonds. The quantitative estimate of drug-likeness (QED) is 0.385. The molecular formula is C30H36N4O4. The average molecular weight is 517 g/mol. The van der Waals surface area contributed by atoms with Gasteiger partial charge in [0.05, 0.1) is 12.6 Å². The number of hydrogen-bond acceptors (Lipinski definition) is 6. The molecule has 1 atom stereocenters. The Labute approximate surface area is 224 Å². The molecule has 1 N–H and O–H groups in total. The minimum Gasteiger partial charge on any atom is -0.491 e. The van der Waals surface area contributed by atoms with Crippen LogP contribution < -0.4 is 14.8 Å². The second-order valence-corrected chi connectivity index (χ2v) is 9.84. The Morgan fingerprint density at radius 3 is 2.39 bits per heavy atom. The second kappa shape index (κ2) is 12.3. The molecule has 0 bridgehead atoms. The standard InChI is InChI=1S/C30H36N4O4/c1-22-24(8-13-29(32-22)38-27-11-9-26(10-12-27)37-19-18-36-2)21-33-16-14-25(15-17-33)34-28(20-31-30(34)35)23-6-4-3-5-7-23/h3-13,25,28H,14-21H2,1-2H3,(H,31,35). The Balaban J connectivity index is 1.14. The van der Waals surface area contributed by atoms with Gasteiger partial charge in [-0.15, -0.1) is 0 Å². The van der Waals surface area contributed by atoms with Gasteiger partial charge in [-0.1, -0.05) is 36.4 Å². The number of piperidine rings is 1. The summed E-state index contributed by atoms with van der Waals surface area (Å²) in [5.74, 6) is 2.06. The number of hydrogen-bond donors (Lipinski definition) is 1. The first-order valence-corrected chi connectivity index (χ1v) is 13.3. The summed E-state index contributed by atoms with van der Waals surface area (Å²) in [5.41, 5.74) is 3.36. The SMILES string of the molecule is COCCOc1ccc(Oc2ccc(CN3CCC(N4C(=O)NCC4c4ccccc4)CC3)c(C)n2)cc1. The lowest BCUT2D eigenvalue weighted by molar-refractivity contribution is 0.112. The average Bonchev–Trinajstić information content (AvgIpc) is 3.33. The number of carbonyl (C=O) groups excluding carboxylic acids is 1. The number of aromatic nitrogens is 1. The van der Waals surface area contributed by atoms with Crippen LogP contribution in [-0.4, -0.2) is 66.8 Å². The van der Waals surface area contributed by atoms with E-state index in [0.717, 1.165) is 43.9 Å². The van der Waals surface area contributed by atoms with E-state index in [0.29, 0.717) is 31.4 Å². The summed E-state index contributed by atoms with van der Waals surface area (Å²) >= 11 is 0. The molecule has 38 heavy (non-hydrogen) atoms. The van der Waals surface area contributed by atoms with Crippen LogP contribution in [0.1, 0.15) is 35.7 Å². The van der Waals surface area contributed by atoms with Crippen LogP contribution in [-0.2, 0) is 11.3 Å². The summed E-state index contributed by atoms with van der Waals surface area (Å²) < 4.78 is 16.6. The predicted molar refractivity (Wildman–Crippen MR) is 146 cm³/mol. The summed E-state index contributed by atoms with van der Waals surface area (Å²) in [5, 5.41) is 3.05. The highest BCUT2D eigenvalue weighted by atomic mass is 16.5. The van der Waals surface area contributed by atoms with E-state index in [-0.39, 0.29) is 18.1 Å². The van der Waals surface area contributed by atoms with E-state index in [1.165, 1.54) is 11.1 Å². The van der Waals surface area contributed by atoms with Crippen molar-refractivity contribution in [1.29, 1.82) is 0 Å². The number of benzene rings is 2. The van der Waals surface area contributed by atoms with Crippen LogP contribution in [0.5, 0.6) is 17.4 Å². The van der Waals surface area contributed by atoms with Crippen molar-refractivity contribution in [3.05, 3.63) is 83.6 Å². The van der Waals surface area contributed by atoms with Gasteiger partial charge in [-0.2, -0.15) is 0 Å². The van der Waals surface area contributed by atoms with Crippen molar-refractivity contribution in [3.8, 4) is 17.4 Å². The number of methoxy groups -OCH3 is 1. The maximum absolute atomic E-state index is 12.7. The van der Waals surface area contributed by atoms with Crippen molar-refractivity contribution < 1.29 is 19.0 Å². The molecule has 2 aliphatic rings. The summed E-state index contributed by atoms with van der Waals surface area (Å²) in [4.78, 5) is 21.9. The fourth-order valence-corrected chi connectivity index (χ4v) is 5.24. The lowest BCUT2D eigenvalue weighted by atomic mass is 9.98. The third-order valence-electron chi connectivity index (χ3n) is 7.32. The van der Waals surface area contributed by atoms with Crippen LogP contribution >= 0.6 is 0 Å². The van der Waals surface area contributed by atoms with E-state index >= 15 is 0 Å². The highest BCUT2D eigenvalue weighted by Gasteiger charge is 2.38. The molecule has 0 spiro atoms. The molecule has 5 rings (SSSR count). The van der Waals surface area contributed by atoms with Crippen LogP contribution in [0.15, 0.2) is 66.7 Å². The number of urea groups is 1. The fourth-order valence-electron chi connectivity index (χ4n) is 5.24. The first kappa shape index (κ1) is 26.0. The molecule has 8 nitrogen and oxygen atoms in total. The van der Waals surface area contributed by atoms with Crippen molar-refractivity contribution in [2.75, 3.05) is 40.0 Å². The number of nitrogens with zero attached hydrogens (tertiary/aromatic N) is 3. The number of likely N-dealkylation sites (tertiary alicyclic amines) is 1. The molecule has 1 aromatic heterocycles. The highest BCUT2D eigenvalue weighted by Crippen LogP contribution is 2.31. The first-order chi connectivity index (χ1) is 18.6. The van der Waals surface area contributed by atoms with Crippen molar-refractivity contribution in [2.24, 2.45) is 0 Å². The van der Waals surface area contributed by atoms with Crippen LogP contribution in [0, 0.1) is 6.92 Å². The Morgan fingerprint density at radius 2 is 1.68 bits per heavy atom. The topological polar surface area (TPSA) is 76.2 Å². The summed E-state index contributed by atoms with van der Waals surface area (Å²) in [7, 11) is 1.65. The molecule has 2 aromatic carbocycles. The Morgan fingerprint density at radius 1 is 0.947 bits per heavy atom. The molecule has 200 valence electrons. The second-order valence-electron chi connectivity index (χ2n) is 9.84. The van der Waals surface area contributed by atoms with Crippen LogP contribution in [0.3, 0.4) is 0 Å². The minimum atomic E-state index is 0.0567. The van der Waals surface area contributed by atoms with Gasteiger partial charge in [0, 0.05) is 51.1 Å². The Bertz CT molecular complexity index is 1200. The van der Waals surface area contributed by atoms with E-state index in [1.54, 1.807) is 7.11 Å². The Kier molecular flexibility index (Phi) is 8.41. The smallest absolute Gasteiger partial charge is 0.318 e. The molecule has 0 aliphatic carbocycles. The predicted octanol–water partition coefficient (Wildman–Crippen LogP) is 4.94. The largest absolute Gasteiger partial charge is 0.491 e. The van der Waals surface area contributed by atoms with Gasteiger partial charge in [0.1, 0.15) is 18.1 Å². The zero-order valence-corrected chi connectivity index (χ0v) is 22.1. The zero-order chi connectivity index (χ0) is 26.3. The van der Waals surface area contributed by atoms with Gasteiger partial charge in [0.25, 0.3) is 0 Å². The van der Waals surface area contributed by atoms with Crippen LogP contribution in [0.25, 0.3) is 0 Å². The molecule has 0 saturated carbocycles. The summed E-state index contributed by atoms with van der Waals surface area (Å²) in [6.45, 7) is 6.51. The van der Waals surface area contributed by atoms with Gasteiger partial charge < -0.3 is 24.4 Å². The van der Waals surface area contributed by atoms with Crippen LogP contribution in [0.2, 0.25) is 0 Å². The lowest BCUT2D eigenvalue weighted by Gasteiger charge is -2.38. The van der Waals surface area contributed by atoms with Gasteiger partial charge in [-0.25, -0.2) is 9.78 Å². The number of rotatable bonds is 10. The lowest BCUT2D eigenvalue weighted by Crippen LogP contribution is -2.46. The molecule has 1 unspecified atom stereocenters. The number of pyridine rings is 1. The maximum atomic E-state index is 12.7. The molecule has 2 aliphatic heterocycles. The third kappa shape index (κ3) is 6.26. The molecule has 8 heteroatoms. The monoisotopic (exact) mass is 516 g/mol. The van der Waals surface area contributed by atoms with Crippen molar-refractivity contribution in [3.63, 3.8) is 0 Å². The zero-order valence-electron chi connectivity index (χ0n) is 22.1. The van der Waals surface area contributed by atoms with E-state index in [4.69, 9.17) is 19.2 Å². The first-order valence-electron chi connectivity index (χ1n) is 13.3. The maximum Gasteiger partial charge on any atom is 0.318 e. The van der Waals surface area contributed by atoms with Crippen molar-refractivity contribution in [1.82, 2.24) is 20.1 Å². The molecule has 0 radical (unpaired) electrons. The highest BCUT2D eigenvalue weighted by molar-refractivity contribution is 5.77. The van der Waals surface area contributed by atoms with E-state index in [2.05, 4.69) is 33.3 Å². The van der Waals surface area contributed by atoms with Gasteiger partial charge in [-0.3, -0.25) is 4.90 Å². The Hall–Kier alpha value is -3.62. The van der Waals surface area contributed by atoms with E-state index in [1.807, 2.05) is 55.5 Å². The number of ether oxygens (including phenoxy) is 3. The number of aryl methyl sites for hydroxylation is 1. The summed E-state index contributed by atoms with van der Waals surface area (Å²) in [6, 6.07) is 22.3. The van der Waals surface area contributed by atoms with Gasteiger partial charge in [0.2, 0.25) is 5.88 Å². The normalized spacial score (nSPS) is 18.4.